The number of benzene rings is 3. The molecule has 6 aromatic rings. The van der Waals surface area contributed by atoms with Crippen LogP contribution in [-0.2, 0) is 0 Å². The number of nitrogens with zero attached hydrogens (tertiary/aromatic N) is 3. The molecule has 3 heterocycles. The zero-order valence-electron chi connectivity index (χ0n) is 23.6. The second-order valence-electron chi connectivity index (χ2n) is 10.1. The van der Waals surface area contributed by atoms with E-state index in [2.05, 4.69) is 20.3 Å². The molecule has 1 unspecified atom stereocenters. The molecule has 6 rings (SSSR count). The average Bonchev–Trinajstić information content (AvgIpc) is 3.64. The van der Waals surface area contributed by atoms with E-state index in [1.165, 1.54) is 62.7 Å². The average molecular weight is 597 g/mol. The molecule has 1 atom stereocenters. The van der Waals surface area contributed by atoms with E-state index < -0.39 is 35.2 Å². The summed E-state index contributed by atoms with van der Waals surface area (Å²) in [6, 6.07) is 12.1. The maximum Gasteiger partial charge on any atom is 0.276 e. The quantitative estimate of drug-likeness (QED) is 0.201. The molecule has 0 fully saturated rings. The number of nitrogens with one attached hydrogen (secondary N) is 1. The van der Waals surface area contributed by atoms with Gasteiger partial charge in [-0.05, 0) is 73.5 Å². The zero-order valence-corrected chi connectivity index (χ0v) is 23.6. The molecule has 3 aromatic heterocycles. The fourth-order valence-corrected chi connectivity index (χ4v) is 4.90. The van der Waals surface area contributed by atoms with Crippen LogP contribution >= 0.6 is 0 Å². The number of rotatable bonds is 6. The number of oxazole rings is 1. The Labute approximate surface area is 248 Å². The smallest absolute Gasteiger partial charge is 0.276 e. The van der Waals surface area contributed by atoms with Gasteiger partial charge in [-0.25, -0.2) is 23.1 Å². The number of aromatic nitrogens is 2. The molecule has 0 saturated carbocycles. The molecule has 0 aliphatic heterocycles. The number of hydrogen-bond donors (Lipinski definition) is 1. The van der Waals surface area contributed by atoms with Crippen molar-refractivity contribution in [3.63, 3.8) is 0 Å². The Morgan fingerprint density at radius 3 is 2.48 bits per heavy atom. The molecule has 8 nitrogen and oxygen atoms in total. The highest BCUT2D eigenvalue weighted by molar-refractivity contribution is 6.12. The molecule has 0 spiro atoms. The first-order valence-corrected chi connectivity index (χ1v) is 13.5. The fraction of sp³-hybridized carbons (Fsp3) is 0.121. The zero-order chi connectivity index (χ0) is 31.1. The number of halogens is 3. The van der Waals surface area contributed by atoms with Gasteiger partial charge < -0.3 is 14.2 Å². The number of furan rings is 1. The molecule has 1 N–H and O–H groups in total. The van der Waals surface area contributed by atoms with Crippen LogP contribution in [0.3, 0.4) is 0 Å². The van der Waals surface area contributed by atoms with Crippen molar-refractivity contribution in [3.8, 4) is 22.5 Å². The van der Waals surface area contributed by atoms with Crippen molar-refractivity contribution in [2.45, 2.75) is 19.8 Å². The van der Waals surface area contributed by atoms with E-state index in [9.17, 15) is 14.0 Å². The van der Waals surface area contributed by atoms with Crippen LogP contribution in [0.1, 0.15) is 45.0 Å². The Kier molecular flexibility index (Phi) is 7.30. The Hall–Kier alpha value is -5.58. The molecule has 3 aromatic carbocycles. The highest BCUT2D eigenvalue weighted by atomic mass is 19.1. The van der Waals surface area contributed by atoms with Gasteiger partial charge in [-0.2, -0.15) is 0 Å². The first-order chi connectivity index (χ1) is 21.2. The third kappa shape index (κ3) is 5.02. The van der Waals surface area contributed by atoms with Crippen molar-refractivity contribution in [1.29, 1.82) is 0 Å². The van der Waals surface area contributed by atoms with E-state index in [1.807, 2.05) is 0 Å². The molecule has 2 amide bonds. The molecule has 44 heavy (non-hydrogen) atoms. The molecule has 0 bridgehead atoms. The molecule has 220 valence electrons. The van der Waals surface area contributed by atoms with Gasteiger partial charge in [0.1, 0.15) is 34.3 Å². The summed E-state index contributed by atoms with van der Waals surface area (Å²) in [5.41, 5.74) is 1.41. The van der Waals surface area contributed by atoms with Crippen molar-refractivity contribution in [2.75, 3.05) is 7.05 Å². The van der Waals surface area contributed by atoms with Crippen LogP contribution < -0.4 is 5.32 Å². The first-order valence-electron chi connectivity index (χ1n) is 13.5. The maximum absolute atomic E-state index is 16.3. The third-order valence-corrected chi connectivity index (χ3v) is 7.25. The van der Waals surface area contributed by atoms with Gasteiger partial charge in [-0.15, -0.1) is 0 Å². The molecule has 0 radical (unpaired) electrons. The molecular weight excluding hydrogens is 573 g/mol. The van der Waals surface area contributed by atoms with Crippen molar-refractivity contribution in [3.05, 3.63) is 107 Å². The standard InChI is InChI=1S/C33H23F3N4O4/c1-16(33-40-24-15-38-11-10-25(24)44-33)14-39-31(41)19-12-22(17(2)23(35)13-19)21-8-9-26-27(29(21)36)28(32(42)37-3)30(43-26)18-4-6-20(34)7-5-18/h4-16H,1-3H3,(H,37,42). The van der Waals surface area contributed by atoms with Crippen LogP contribution in [0.2, 0.25) is 0 Å². The number of carbonyl (C=O) groups excluding carboxylic acids is 2. The van der Waals surface area contributed by atoms with E-state index in [0.29, 0.717) is 22.6 Å². The Morgan fingerprint density at radius 2 is 1.75 bits per heavy atom. The lowest BCUT2D eigenvalue weighted by molar-refractivity contribution is 0.0963. The Morgan fingerprint density at radius 1 is 0.977 bits per heavy atom. The minimum atomic E-state index is -0.854. The van der Waals surface area contributed by atoms with Crippen LogP contribution in [0.15, 0.2) is 80.8 Å². The van der Waals surface area contributed by atoms with E-state index in [0.717, 1.165) is 6.07 Å². The van der Waals surface area contributed by atoms with Crippen molar-refractivity contribution >= 4 is 40.1 Å². The van der Waals surface area contributed by atoms with E-state index in [1.54, 1.807) is 25.4 Å². The number of pyridine rings is 1. The summed E-state index contributed by atoms with van der Waals surface area (Å²) < 4.78 is 56.6. The van der Waals surface area contributed by atoms with Crippen molar-refractivity contribution in [2.24, 2.45) is 4.99 Å². The SMILES string of the molecule is CNC(=O)c1c(-c2ccc(F)cc2)oc2ccc(-c3cc(C(=O)N=CC(C)c4nc5cnccc5o4)cc(F)c3C)c(F)c12. The molecule has 0 aliphatic rings. The van der Waals surface area contributed by atoms with Crippen molar-refractivity contribution in [1.82, 2.24) is 15.3 Å². The third-order valence-electron chi connectivity index (χ3n) is 7.25. The predicted molar refractivity (Wildman–Crippen MR) is 158 cm³/mol. The fourth-order valence-electron chi connectivity index (χ4n) is 4.90. The maximum atomic E-state index is 16.3. The molecule has 11 heteroatoms. The monoisotopic (exact) mass is 596 g/mol. The van der Waals surface area contributed by atoms with Crippen LogP contribution in [0.5, 0.6) is 0 Å². The summed E-state index contributed by atoms with van der Waals surface area (Å²) in [6.45, 7) is 3.19. The number of hydrogen-bond acceptors (Lipinski definition) is 6. The van der Waals surface area contributed by atoms with E-state index in [-0.39, 0.29) is 44.5 Å². The van der Waals surface area contributed by atoms with Crippen LogP contribution in [-0.4, -0.2) is 35.0 Å². The van der Waals surface area contributed by atoms with E-state index in [4.69, 9.17) is 8.83 Å². The number of aliphatic imine (C=N–C) groups is 1. The normalized spacial score (nSPS) is 12.3. The van der Waals surface area contributed by atoms with Gasteiger partial charge in [-0.3, -0.25) is 14.6 Å². The van der Waals surface area contributed by atoms with Gasteiger partial charge in [0.2, 0.25) is 5.89 Å². The van der Waals surface area contributed by atoms with Gasteiger partial charge in [0.15, 0.2) is 5.58 Å². The second kappa shape index (κ2) is 11.3. The van der Waals surface area contributed by atoms with Gasteiger partial charge in [0.05, 0.1) is 23.1 Å². The lowest BCUT2D eigenvalue weighted by Crippen LogP contribution is -2.18. The summed E-state index contributed by atoms with van der Waals surface area (Å²) in [4.78, 5) is 38.3. The number of fused-ring (bicyclic) bond motifs is 2. The van der Waals surface area contributed by atoms with Gasteiger partial charge in [0, 0.05) is 42.2 Å². The van der Waals surface area contributed by atoms with Crippen LogP contribution in [0.25, 0.3) is 44.5 Å². The molecule has 0 aliphatic carbocycles. The van der Waals surface area contributed by atoms with Crippen LogP contribution in [0, 0.1) is 24.4 Å². The number of carbonyl (C=O) groups is 2. The summed E-state index contributed by atoms with van der Waals surface area (Å²) >= 11 is 0. The van der Waals surface area contributed by atoms with E-state index >= 15 is 8.78 Å². The highest BCUT2D eigenvalue weighted by Crippen LogP contribution is 2.40. The molecule has 0 saturated heterocycles. The molecular formula is C33H23F3N4O4. The van der Waals surface area contributed by atoms with Gasteiger partial charge >= 0.3 is 0 Å². The Balaban J connectivity index is 1.40. The summed E-state index contributed by atoms with van der Waals surface area (Å²) in [6.07, 6.45) is 4.46. The van der Waals surface area contributed by atoms with Crippen molar-refractivity contribution < 1.29 is 31.6 Å². The highest BCUT2D eigenvalue weighted by Gasteiger charge is 2.27. The Bertz CT molecular complexity index is 2080. The topological polar surface area (TPSA) is 111 Å². The minimum absolute atomic E-state index is 0.0425. The van der Waals surface area contributed by atoms with Gasteiger partial charge in [-0.1, -0.05) is 0 Å². The minimum Gasteiger partial charge on any atom is -0.455 e. The largest absolute Gasteiger partial charge is 0.455 e. The summed E-state index contributed by atoms with van der Waals surface area (Å²) in [7, 11) is 1.38. The summed E-state index contributed by atoms with van der Waals surface area (Å²) in [5.74, 6) is -3.61. The van der Waals surface area contributed by atoms with Gasteiger partial charge in [0.25, 0.3) is 11.8 Å². The predicted octanol–water partition coefficient (Wildman–Crippen LogP) is 7.40. The number of amides is 2. The summed E-state index contributed by atoms with van der Waals surface area (Å²) in [5, 5.41) is 2.34. The lowest BCUT2D eigenvalue weighted by Gasteiger charge is -2.11. The second-order valence-corrected chi connectivity index (χ2v) is 10.1. The lowest BCUT2D eigenvalue weighted by atomic mass is 9.94. The van der Waals surface area contributed by atoms with Crippen LogP contribution in [0.4, 0.5) is 13.2 Å². The first kappa shape index (κ1) is 28.5.